The van der Waals surface area contributed by atoms with Crippen molar-refractivity contribution >= 4 is 17.3 Å². The third-order valence-electron chi connectivity index (χ3n) is 2.07. The average molecular weight is 255 g/mol. The minimum absolute atomic E-state index is 0.325. The second-order valence-corrected chi connectivity index (χ2v) is 4.49. The molecule has 0 atom stereocenters. The number of methoxy groups -OCH3 is 1. The molecule has 0 spiro atoms. The largest absolute Gasteiger partial charge is 0.465 e. The van der Waals surface area contributed by atoms with Crippen LogP contribution in [0.1, 0.15) is 27.4 Å². The number of carbonyl (C=O) groups is 1. The van der Waals surface area contributed by atoms with Crippen molar-refractivity contribution in [3.05, 3.63) is 44.3 Å². The van der Waals surface area contributed by atoms with E-state index < -0.39 is 4.92 Å². The molecule has 0 fully saturated rings. The molecule has 0 unspecified atom stereocenters. The molecule has 1 aromatic rings. The topological polar surface area (TPSA) is 69.4 Å². The van der Waals surface area contributed by atoms with Crippen molar-refractivity contribution in [2.24, 2.45) is 0 Å². The van der Waals surface area contributed by atoms with E-state index in [0.717, 1.165) is 23.9 Å². The normalized spacial score (nSPS) is 10.6. The van der Waals surface area contributed by atoms with Crippen LogP contribution in [-0.2, 0) is 11.2 Å². The van der Waals surface area contributed by atoms with Crippen molar-refractivity contribution in [3.63, 3.8) is 0 Å². The Kier molecular flexibility index (Phi) is 5.35. The smallest absolute Gasteiger partial charge is 0.348 e. The predicted octanol–water partition coefficient (Wildman–Crippen LogP) is 2.65. The van der Waals surface area contributed by atoms with E-state index in [2.05, 4.69) is 4.74 Å². The number of nitrogens with zero attached hydrogens (tertiary/aromatic N) is 1. The zero-order chi connectivity index (χ0) is 12.7. The summed E-state index contributed by atoms with van der Waals surface area (Å²) in [7, 11) is 1.35. The monoisotopic (exact) mass is 255 g/mol. The Bertz CT molecular complexity index is 425. The number of thiophene rings is 1. The molecule has 0 saturated heterocycles. The highest BCUT2D eigenvalue weighted by atomic mass is 32.1. The lowest BCUT2D eigenvalue weighted by Gasteiger charge is -1.94. The summed E-state index contributed by atoms with van der Waals surface area (Å²) in [5, 5.41) is 10.0. The molecular weight excluding hydrogens is 242 g/mol. The first-order valence-corrected chi connectivity index (χ1v) is 5.92. The summed E-state index contributed by atoms with van der Waals surface area (Å²) in [4.78, 5) is 22.4. The standard InChI is InChI=1S/C11H13NO4S/c1-16-11(13)10-7-6-9(17-10)5-3-2-4-8-12(14)15/h4,6-8H,2-3,5H2,1H3. The summed E-state index contributed by atoms with van der Waals surface area (Å²) < 4.78 is 4.60. The Morgan fingerprint density at radius 2 is 2.35 bits per heavy atom. The highest BCUT2D eigenvalue weighted by molar-refractivity contribution is 7.13. The number of esters is 1. The molecule has 0 radical (unpaired) electrons. The zero-order valence-corrected chi connectivity index (χ0v) is 10.2. The number of aryl methyl sites for hydroxylation is 1. The molecule has 5 nitrogen and oxygen atoms in total. The van der Waals surface area contributed by atoms with Crippen molar-refractivity contribution in [2.75, 3.05) is 7.11 Å². The fourth-order valence-corrected chi connectivity index (χ4v) is 2.25. The molecule has 1 rings (SSSR count). The Balaban J connectivity index is 2.35. The lowest BCUT2D eigenvalue weighted by molar-refractivity contribution is -0.402. The number of ether oxygens (including phenoxy) is 1. The molecule has 1 heterocycles. The highest BCUT2D eigenvalue weighted by Gasteiger charge is 2.08. The number of rotatable bonds is 6. The fourth-order valence-electron chi connectivity index (χ4n) is 1.28. The van der Waals surface area contributed by atoms with Gasteiger partial charge in [-0.1, -0.05) is 0 Å². The van der Waals surface area contributed by atoms with Gasteiger partial charge in [0.2, 0.25) is 6.20 Å². The highest BCUT2D eigenvalue weighted by Crippen LogP contribution is 2.19. The molecule has 0 aliphatic rings. The van der Waals surface area contributed by atoms with Crippen LogP contribution in [0.2, 0.25) is 0 Å². The van der Waals surface area contributed by atoms with Crippen molar-refractivity contribution < 1.29 is 14.5 Å². The SMILES string of the molecule is COC(=O)c1ccc(CCCC=C[N+](=O)[O-])s1. The van der Waals surface area contributed by atoms with E-state index >= 15 is 0 Å². The Hall–Kier alpha value is -1.69. The molecule has 0 amide bonds. The summed E-state index contributed by atoms with van der Waals surface area (Å²) >= 11 is 1.40. The van der Waals surface area contributed by atoms with Crippen molar-refractivity contribution in [3.8, 4) is 0 Å². The van der Waals surface area contributed by atoms with Gasteiger partial charge in [0.05, 0.1) is 12.0 Å². The van der Waals surface area contributed by atoms with Crippen LogP contribution in [0.4, 0.5) is 0 Å². The molecule has 0 aliphatic carbocycles. The molecular formula is C11H13NO4S. The average Bonchev–Trinajstić information content (AvgIpc) is 2.76. The summed E-state index contributed by atoms with van der Waals surface area (Å²) in [6.07, 6.45) is 4.78. The minimum Gasteiger partial charge on any atom is -0.465 e. The van der Waals surface area contributed by atoms with E-state index in [0.29, 0.717) is 11.3 Å². The van der Waals surface area contributed by atoms with E-state index in [4.69, 9.17) is 0 Å². The first kappa shape index (κ1) is 13.4. The third kappa shape index (κ3) is 4.78. The van der Waals surface area contributed by atoms with Crippen LogP contribution in [0.15, 0.2) is 24.4 Å². The predicted molar refractivity (Wildman–Crippen MR) is 64.7 cm³/mol. The Morgan fingerprint density at radius 3 is 3.00 bits per heavy atom. The number of unbranched alkanes of at least 4 members (excludes halogenated alkanes) is 1. The number of hydrogen-bond acceptors (Lipinski definition) is 5. The maximum absolute atomic E-state index is 11.2. The first-order valence-electron chi connectivity index (χ1n) is 5.10. The molecule has 0 bridgehead atoms. The third-order valence-corrected chi connectivity index (χ3v) is 3.19. The van der Waals surface area contributed by atoms with Crippen molar-refractivity contribution in [1.29, 1.82) is 0 Å². The summed E-state index contributed by atoms with van der Waals surface area (Å²) in [5.41, 5.74) is 0. The van der Waals surface area contributed by atoms with Crippen LogP contribution in [0.25, 0.3) is 0 Å². The molecule has 0 aliphatic heterocycles. The fraction of sp³-hybridized carbons (Fsp3) is 0.364. The van der Waals surface area contributed by atoms with Crippen LogP contribution in [0, 0.1) is 10.1 Å². The molecule has 17 heavy (non-hydrogen) atoms. The number of hydrogen-bond donors (Lipinski definition) is 0. The van der Waals surface area contributed by atoms with E-state index in [9.17, 15) is 14.9 Å². The maximum Gasteiger partial charge on any atom is 0.348 e. The number of nitro groups is 1. The van der Waals surface area contributed by atoms with Crippen LogP contribution in [0.3, 0.4) is 0 Å². The van der Waals surface area contributed by atoms with Gasteiger partial charge in [-0.2, -0.15) is 0 Å². The maximum atomic E-state index is 11.2. The summed E-state index contributed by atoms with van der Waals surface area (Å²) in [6, 6.07) is 3.62. The van der Waals surface area contributed by atoms with Crippen LogP contribution >= 0.6 is 11.3 Å². The van der Waals surface area contributed by atoms with Gasteiger partial charge in [-0.15, -0.1) is 11.3 Å². The molecule has 1 aromatic heterocycles. The van der Waals surface area contributed by atoms with Gasteiger partial charge >= 0.3 is 5.97 Å². The molecule has 0 aromatic carbocycles. The van der Waals surface area contributed by atoms with Crippen molar-refractivity contribution in [2.45, 2.75) is 19.3 Å². The molecule has 92 valence electrons. The molecule has 6 heteroatoms. The van der Waals surface area contributed by atoms with E-state index in [-0.39, 0.29) is 5.97 Å². The van der Waals surface area contributed by atoms with Crippen molar-refractivity contribution in [1.82, 2.24) is 0 Å². The Labute approximate surface area is 103 Å². The minimum atomic E-state index is -0.472. The second kappa shape index (κ2) is 6.80. The van der Waals surface area contributed by atoms with Gasteiger partial charge < -0.3 is 4.74 Å². The Morgan fingerprint density at radius 1 is 1.59 bits per heavy atom. The van der Waals surface area contributed by atoms with E-state index in [1.807, 2.05) is 6.07 Å². The van der Waals surface area contributed by atoms with Gasteiger partial charge in [0.25, 0.3) is 0 Å². The van der Waals surface area contributed by atoms with Gasteiger partial charge in [-0.25, -0.2) is 4.79 Å². The number of carbonyl (C=O) groups excluding carboxylic acids is 1. The second-order valence-electron chi connectivity index (χ2n) is 3.32. The lowest BCUT2D eigenvalue weighted by atomic mass is 10.2. The first-order chi connectivity index (χ1) is 8.13. The summed E-state index contributed by atoms with van der Waals surface area (Å²) in [6.45, 7) is 0. The van der Waals surface area contributed by atoms with Gasteiger partial charge in [-0.3, -0.25) is 10.1 Å². The van der Waals surface area contributed by atoms with Gasteiger partial charge in [0.15, 0.2) is 0 Å². The summed E-state index contributed by atoms with van der Waals surface area (Å²) in [5.74, 6) is -0.325. The quantitative estimate of drug-likeness (QED) is 0.339. The van der Waals surface area contributed by atoms with Gasteiger partial charge in [-0.05, 0) is 37.5 Å². The van der Waals surface area contributed by atoms with Crippen LogP contribution < -0.4 is 0 Å². The lowest BCUT2D eigenvalue weighted by Crippen LogP contribution is -1.96. The zero-order valence-electron chi connectivity index (χ0n) is 9.42. The number of allylic oxidation sites excluding steroid dienone is 1. The van der Waals surface area contributed by atoms with Crippen LogP contribution in [-0.4, -0.2) is 18.0 Å². The van der Waals surface area contributed by atoms with Gasteiger partial charge in [0.1, 0.15) is 4.88 Å². The molecule has 0 saturated carbocycles. The van der Waals surface area contributed by atoms with E-state index in [1.165, 1.54) is 24.5 Å². The van der Waals surface area contributed by atoms with Gasteiger partial charge in [0, 0.05) is 4.88 Å². The van der Waals surface area contributed by atoms with Crippen LogP contribution in [0.5, 0.6) is 0 Å². The molecule has 0 N–H and O–H groups in total. The van der Waals surface area contributed by atoms with E-state index in [1.54, 1.807) is 6.07 Å².